The van der Waals surface area contributed by atoms with E-state index in [4.69, 9.17) is 24.4 Å². The van der Waals surface area contributed by atoms with Gasteiger partial charge in [-0.25, -0.2) is 0 Å². The summed E-state index contributed by atoms with van der Waals surface area (Å²) in [6.07, 6.45) is 0.878. The summed E-state index contributed by atoms with van der Waals surface area (Å²) in [6.45, 7) is 2.54. The standard InChI is InChI=1S/C10H15ClO3Si/c1-3-9-13-15(11,12-2)14-10-7-5-4-6-8-10/h4-8H,3,9H2,1-2H3. The smallest absolute Gasteiger partial charge is 0.490 e. The van der Waals surface area contributed by atoms with Crippen LogP contribution >= 0.6 is 11.1 Å². The average Bonchev–Trinajstić information content (AvgIpc) is 2.28. The molecule has 1 rings (SSSR count). The summed E-state index contributed by atoms with van der Waals surface area (Å²) in [7, 11) is -1.52. The lowest BCUT2D eigenvalue weighted by atomic mass is 10.3. The molecule has 0 fully saturated rings. The van der Waals surface area contributed by atoms with Crippen molar-refractivity contribution in [1.29, 1.82) is 0 Å². The van der Waals surface area contributed by atoms with Crippen LogP contribution in [0.3, 0.4) is 0 Å². The maximum absolute atomic E-state index is 6.11. The van der Waals surface area contributed by atoms with Crippen molar-refractivity contribution < 1.29 is 13.3 Å². The minimum absolute atomic E-state index is 0.538. The van der Waals surface area contributed by atoms with Crippen LogP contribution in [0, 0.1) is 0 Å². The molecular weight excluding hydrogens is 232 g/mol. The van der Waals surface area contributed by atoms with Gasteiger partial charge in [-0.1, -0.05) is 36.2 Å². The molecule has 5 heteroatoms. The highest BCUT2D eigenvalue weighted by molar-refractivity contribution is 7.09. The third-order valence-corrected chi connectivity index (χ3v) is 4.24. The number of rotatable bonds is 6. The molecule has 15 heavy (non-hydrogen) atoms. The van der Waals surface area contributed by atoms with Crippen molar-refractivity contribution in [2.24, 2.45) is 0 Å². The van der Waals surface area contributed by atoms with Crippen LogP contribution in [-0.2, 0) is 8.85 Å². The topological polar surface area (TPSA) is 27.7 Å². The van der Waals surface area contributed by atoms with Crippen molar-refractivity contribution in [1.82, 2.24) is 0 Å². The van der Waals surface area contributed by atoms with Gasteiger partial charge in [0, 0.05) is 13.7 Å². The Labute approximate surface area is 96.0 Å². The summed E-state index contributed by atoms with van der Waals surface area (Å²) >= 11 is 6.11. The molecular formula is C10H15ClO3Si. The van der Waals surface area contributed by atoms with E-state index in [1.807, 2.05) is 37.3 Å². The number of hydrogen-bond donors (Lipinski definition) is 0. The average molecular weight is 247 g/mol. The highest BCUT2D eigenvalue weighted by Gasteiger charge is 2.41. The lowest BCUT2D eigenvalue weighted by Crippen LogP contribution is -2.42. The summed E-state index contributed by atoms with van der Waals surface area (Å²) in [5.74, 6) is 0.664. The largest absolute Gasteiger partial charge is 0.680 e. The lowest BCUT2D eigenvalue weighted by Gasteiger charge is -2.21. The van der Waals surface area contributed by atoms with Crippen LogP contribution in [0.5, 0.6) is 5.75 Å². The fourth-order valence-electron chi connectivity index (χ4n) is 0.983. The first-order chi connectivity index (χ1) is 7.20. The van der Waals surface area contributed by atoms with E-state index < -0.39 is 8.11 Å². The van der Waals surface area contributed by atoms with E-state index in [-0.39, 0.29) is 0 Å². The van der Waals surface area contributed by atoms with Gasteiger partial charge < -0.3 is 13.3 Å². The van der Waals surface area contributed by atoms with E-state index in [0.29, 0.717) is 12.4 Å². The molecule has 0 spiro atoms. The number of halogens is 1. The molecule has 0 radical (unpaired) electrons. The summed E-state index contributed by atoms with van der Waals surface area (Å²) in [4.78, 5) is 0. The SMILES string of the molecule is CCCO[Si](Cl)(OC)Oc1ccccc1. The number of hydrogen-bond acceptors (Lipinski definition) is 3. The lowest BCUT2D eigenvalue weighted by molar-refractivity contribution is 0.154. The Kier molecular flexibility index (Phi) is 5.11. The molecule has 0 aromatic heterocycles. The number of benzene rings is 1. The molecule has 0 bridgehead atoms. The molecule has 0 N–H and O–H groups in total. The fraction of sp³-hybridized carbons (Fsp3) is 0.400. The highest BCUT2D eigenvalue weighted by Crippen LogP contribution is 2.19. The van der Waals surface area contributed by atoms with Crippen LogP contribution in [0.2, 0.25) is 0 Å². The van der Waals surface area contributed by atoms with E-state index in [9.17, 15) is 0 Å². The van der Waals surface area contributed by atoms with Crippen molar-refractivity contribution >= 4 is 19.2 Å². The third kappa shape index (κ3) is 4.21. The monoisotopic (exact) mass is 246 g/mol. The normalized spacial score (nSPS) is 14.6. The van der Waals surface area contributed by atoms with E-state index in [0.717, 1.165) is 6.42 Å². The Morgan fingerprint density at radius 1 is 1.27 bits per heavy atom. The zero-order valence-corrected chi connectivity index (χ0v) is 10.7. The van der Waals surface area contributed by atoms with Gasteiger partial charge >= 0.3 is 8.11 Å². The summed E-state index contributed by atoms with van der Waals surface area (Å²) in [6, 6.07) is 9.29. The highest BCUT2D eigenvalue weighted by atomic mass is 35.6. The second-order valence-electron chi connectivity index (χ2n) is 2.95. The maximum Gasteiger partial charge on any atom is 0.680 e. The Morgan fingerprint density at radius 3 is 2.47 bits per heavy atom. The van der Waals surface area contributed by atoms with Crippen LogP contribution in [0.1, 0.15) is 13.3 Å². The third-order valence-electron chi connectivity index (χ3n) is 1.71. The van der Waals surface area contributed by atoms with Crippen molar-refractivity contribution in [3.8, 4) is 5.75 Å². The molecule has 3 nitrogen and oxygen atoms in total. The van der Waals surface area contributed by atoms with Gasteiger partial charge in [0.1, 0.15) is 5.75 Å². The van der Waals surface area contributed by atoms with Crippen molar-refractivity contribution in [3.63, 3.8) is 0 Å². The van der Waals surface area contributed by atoms with E-state index in [1.165, 1.54) is 7.11 Å². The Morgan fingerprint density at radius 2 is 1.93 bits per heavy atom. The van der Waals surface area contributed by atoms with Crippen LogP contribution in [0.15, 0.2) is 30.3 Å². The van der Waals surface area contributed by atoms with Gasteiger partial charge in [0.25, 0.3) is 0 Å². The summed E-state index contributed by atoms with van der Waals surface area (Å²) < 4.78 is 16.0. The first-order valence-electron chi connectivity index (χ1n) is 4.82. The quantitative estimate of drug-likeness (QED) is 0.571. The Hall–Kier alpha value is -0.553. The number of para-hydroxylation sites is 1. The molecule has 0 aliphatic carbocycles. The second kappa shape index (κ2) is 6.12. The van der Waals surface area contributed by atoms with Crippen LogP contribution in [-0.4, -0.2) is 21.8 Å². The predicted molar refractivity (Wildman–Crippen MR) is 61.9 cm³/mol. The first kappa shape index (κ1) is 12.5. The van der Waals surface area contributed by atoms with Gasteiger partial charge in [-0.2, -0.15) is 0 Å². The predicted octanol–water partition coefficient (Wildman–Crippen LogP) is 2.81. The van der Waals surface area contributed by atoms with Crippen molar-refractivity contribution in [2.45, 2.75) is 13.3 Å². The van der Waals surface area contributed by atoms with Gasteiger partial charge in [0.05, 0.1) is 0 Å². The molecule has 1 atom stereocenters. The van der Waals surface area contributed by atoms with Crippen molar-refractivity contribution in [2.75, 3.05) is 13.7 Å². The molecule has 1 unspecified atom stereocenters. The molecule has 1 aromatic rings. The molecule has 0 saturated heterocycles. The minimum atomic E-state index is -3.01. The second-order valence-corrected chi connectivity index (χ2v) is 6.20. The maximum atomic E-state index is 6.11. The van der Waals surface area contributed by atoms with E-state index in [2.05, 4.69) is 0 Å². The van der Waals surface area contributed by atoms with Crippen molar-refractivity contribution in [3.05, 3.63) is 30.3 Å². The van der Waals surface area contributed by atoms with Gasteiger partial charge in [0.15, 0.2) is 0 Å². The molecule has 0 amide bonds. The molecule has 0 heterocycles. The first-order valence-corrected chi connectivity index (χ1v) is 7.56. The molecule has 0 saturated carbocycles. The van der Waals surface area contributed by atoms with Crippen LogP contribution < -0.4 is 4.43 Å². The molecule has 1 aromatic carbocycles. The van der Waals surface area contributed by atoms with Gasteiger partial charge in [-0.05, 0) is 18.6 Å². The molecule has 0 aliphatic heterocycles. The zero-order valence-electron chi connectivity index (χ0n) is 8.90. The Balaban J connectivity index is 2.59. The van der Waals surface area contributed by atoms with Crippen LogP contribution in [0.4, 0.5) is 0 Å². The van der Waals surface area contributed by atoms with Gasteiger partial charge in [0.2, 0.25) is 0 Å². The van der Waals surface area contributed by atoms with Gasteiger partial charge in [-0.15, -0.1) is 0 Å². The summed E-state index contributed by atoms with van der Waals surface area (Å²) in [5, 5.41) is 0. The van der Waals surface area contributed by atoms with Gasteiger partial charge in [-0.3, -0.25) is 0 Å². The Bertz CT molecular complexity index is 283. The fourth-order valence-corrected chi connectivity index (χ4v) is 2.61. The molecule has 0 aliphatic rings. The van der Waals surface area contributed by atoms with Crippen LogP contribution in [0.25, 0.3) is 0 Å². The van der Waals surface area contributed by atoms with E-state index in [1.54, 1.807) is 0 Å². The zero-order chi connectivity index (χ0) is 11.1. The van der Waals surface area contributed by atoms with E-state index >= 15 is 0 Å². The minimum Gasteiger partial charge on any atom is -0.490 e. The summed E-state index contributed by atoms with van der Waals surface area (Å²) in [5.41, 5.74) is 0. The molecule has 84 valence electrons.